The minimum absolute atomic E-state index is 0.838. The fraction of sp³-hybridized carbons (Fsp3) is 0.231. The van der Waals surface area contributed by atoms with Crippen molar-refractivity contribution in [3.63, 3.8) is 0 Å². The molecule has 0 aliphatic rings. The lowest BCUT2D eigenvalue weighted by atomic mass is 10.2. The number of benzene rings is 1. The molecule has 0 spiro atoms. The molecule has 2 aromatic rings. The molecule has 1 heterocycles. The highest BCUT2D eigenvalue weighted by Crippen LogP contribution is 2.26. The van der Waals surface area contributed by atoms with E-state index < -0.39 is 0 Å². The second-order valence-electron chi connectivity index (χ2n) is 4.10. The van der Waals surface area contributed by atoms with Crippen LogP contribution in [0.25, 0.3) is 5.69 Å². The van der Waals surface area contributed by atoms with Crippen LogP contribution in [0, 0.1) is 20.8 Å². The molecular formula is C13H15BrN2. The lowest BCUT2D eigenvalue weighted by Crippen LogP contribution is -2.00. The van der Waals surface area contributed by atoms with Crippen molar-refractivity contribution in [3.8, 4) is 5.69 Å². The van der Waals surface area contributed by atoms with Crippen molar-refractivity contribution in [2.75, 3.05) is 5.73 Å². The van der Waals surface area contributed by atoms with E-state index >= 15 is 0 Å². The van der Waals surface area contributed by atoms with Crippen LogP contribution < -0.4 is 5.73 Å². The topological polar surface area (TPSA) is 30.9 Å². The van der Waals surface area contributed by atoms with E-state index in [0.29, 0.717) is 0 Å². The molecule has 0 radical (unpaired) electrons. The monoisotopic (exact) mass is 278 g/mol. The lowest BCUT2D eigenvalue weighted by molar-refractivity contribution is 0.961. The summed E-state index contributed by atoms with van der Waals surface area (Å²) in [5.74, 6) is 0. The molecule has 2 N–H and O–H groups in total. The Morgan fingerprint density at radius 2 is 1.81 bits per heavy atom. The molecule has 0 aliphatic heterocycles. The number of nitrogen functional groups attached to an aromatic ring is 1. The van der Waals surface area contributed by atoms with Gasteiger partial charge >= 0.3 is 0 Å². The number of hydrogen-bond acceptors (Lipinski definition) is 1. The summed E-state index contributed by atoms with van der Waals surface area (Å²) in [6.07, 6.45) is 0. The molecule has 3 heteroatoms. The summed E-state index contributed by atoms with van der Waals surface area (Å²) >= 11 is 3.55. The zero-order valence-electron chi connectivity index (χ0n) is 9.71. The van der Waals surface area contributed by atoms with Gasteiger partial charge in [-0.05, 0) is 66.5 Å². The van der Waals surface area contributed by atoms with Crippen LogP contribution in [0.4, 0.5) is 5.69 Å². The fourth-order valence-electron chi connectivity index (χ4n) is 1.92. The van der Waals surface area contributed by atoms with Crippen molar-refractivity contribution >= 4 is 21.6 Å². The molecule has 16 heavy (non-hydrogen) atoms. The van der Waals surface area contributed by atoms with Crippen molar-refractivity contribution in [1.29, 1.82) is 0 Å². The van der Waals surface area contributed by atoms with Gasteiger partial charge in [-0.3, -0.25) is 0 Å². The molecular weight excluding hydrogens is 264 g/mol. The Morgan fingerprint density at radius 1 is 1.12 bits per heavy atom. The zero-order chi connectivity index (χ0) is 11.9. The average Bonchev–Trinajstić information content (AvgIpc) is 2.47. The maximum absolute atomic E-state index is 5.83. The highest BCUT2D eigenvalue weighted by atomic mass is 79.9. The van der Waals surface area contributed by atoms with E-state index in [9.17, 15) is 0 Å². The van der Waals surface area contributed by atoms with E-state index in [4.69, 9.17) is 5.73 Å². The summed E-state index contributed by atoms with van der Waals surface area (Å²) in [6, 6.07) is 8.25. The minimum atomic E-state index is 0.838. The van der Waals surface area contributed by atoms with Gasteiger partial charge < -0.3 is 10.3 Å². The molecule has 0 atom stereocenters. The van der Waals surface area contributed by atoms with Gasteiger partial charge in [0.2, 0.25) is 0 Å². The first kappa shape index (κ1) is 11.3. The van der Waals surface area contributed by atoms with Gasteiger partial charge in [0.25, 0.3) is 0 Å². The highest BCUT2D eigenvalue weighted by molar-refractivity contribution is 9.10. The predicted octanol–water partition coefficient (Wildman–Crippen LogP) is 3.75. The number of aryl methyl sites for hydroxylation is 2. The first-order valence-corrected chi connectivity index (χ1v) is 6.01. The van der Waals surface area contributed by atoms with Gasteiger partial charge in [-0.15, -0.1) is 0 Å². The third kappa shape index (κ3) is 1.76. The van der Waals surface area contributed by atoms with E-state index in [1.807, 2.05) is 13.0 Å². The summed E-state index contributed by atoms with van der Waals surface area (Å²) in [5.41, 5.74) is 11.4. The van der Waals surface area contributed by atoms with Gasteiger partial charge in [0.15, 0.2) is 0 Å². The van der Waals surface area contributed by atoms with Gasteiger partial charge in [-0.25, -0.2) is 0 Å². The standard InChI is InChI=1S/C13H15BrN2/c1-8-6-11(4-5-13(8)15)16-9(2)7-12(14)10(16)3/h4-7H,15H2,1-3H3. The molecule has 0 fully saturated rings. The van der Waals surface area contributed by atoms with Crippen LogP contribution in [-0.4, -0.2) is 4.57 Å². The number of halogens is 1. The van der Waals surface area contributed by atoms with Crippen LogP contribution in [0.1, 0.15) is 17.0 Å². The normalized spacial score (nSPS) is 10.8. The molecule has 0 aliphatic carbocycles. The largest absolute Gasteiger partial charge is 0.399 e. The Labute approximate surface area is 104 Å². The minimum Gasteiger partial charge on any atom is -0.399 e. The number of anilines is 1. The molecule has 0 amide bonds. The van der Waals surface area contributed by atoms with Crippen LogP contribution in [-0.2, 0) is 0 Å². The summed E-state index contributed by atoms with van der Waals surface area (Å²) in [7, 11) is 0. The number of hydrogen-bond donors (Lipinski definition) is 1. The van der Waals surface area contributed by atoms with Gasteiger partial charge in [-0.1, -0.05) is 0 Å². The Morgan fingerprint density at radius 3 is 2.31 bits per heavy atom. The van der Waals surface area contributed by atoms with Crippen LogP contribution in [0.3, 0.4) is 0 Å². The molecule has 0 saturated carbocycles. The van der Waals surface area contributed by atoms with Crippen molar-refractivity contribution in [2.45, 2.75) is 20.8 Å². The summed E-state index contributed by atoms with van der Waals surface area (Å²) in [5, 5.41) is 0. The quantitative estimate of drug-likeness (QED) is 0.792. The number of nitrogens with zero attached hydrogens (tertiary/aromatic N) is 1. The molecule has 84 valence electrons. The maximum atomic E-state index is 5.83. The van der Waals surface area contributed by atoms with E-state index in [-0.39, 0.29) is 0 Å². The number of aromatic nitrogens is 1. The zero-order valence-corrected chi connectivity index (χ0v) is 11.3. The second kappa shape index (κ2) is 3.98. The molecule has 2 rings (SSSR count). The third-order valence-corrected chi connectivity index (χ3v) is 3.68. The SMILES string of the molecule is Cc1cc(-n2c(C)cc(Br)c2C)ccc1N. The van der Waals surface area contributed by atoms with Crippen LogP contribution in [0.2, 0.25) is 0 Å². The van der Waals surface area contributed by atoms with Crippen molar-refractivity contribution in [1.82, 2.24) is 4.57 Å². The Balaban J connectivity index is 2.63. The van der Waals surface area contributed by atoms with Gasteiger partial charge in [0.1, 0.15) is 0 Å². The van der Waals surface area contributed by atoms with Crippen molar-refractivity contribution in [2.24, 2.45) is 0 Å². The number of rotatable bonds is 1. The second-order valence-corrected chi connectivity index (χ2v) is 4.95. The molecule has 2 nitrogen and oxygen atoms in total. The van der Waals surface area contributed by atoms with Crippen LogP contribution in [0.15, 0.2) is 28.7 Å². The van der Waals surface area contributed by atoms with Gasteiger partial charge in [-0.2, -0.15) is 0 Å². The first-order chi connectivity index (χ1) is 7.50. The Kier molecular flexibility index (Phi) is 2.80. The molecule has 0 unspecified atom stereocenters. The van der Waals surface area contributed by atoms with Crippen LogP contribution in [0.5, 0.6) is 0 Å². The van der Waals surface area contributed by atoms with Gasteiger partial charge in [0, 0.05) is 27.2 Å². The summed E-state index contributed by atoms with van der Waals surface area (Å²) in [6.45, 7) is 6.23. The summed E-state index contributed by atoms with van der Waals surface area (Å²) < 4.78 is 3.36. The maximum Gasteiger partial charge on any atom is 0.0459 e. The third-order valence-electron chi connectivity index (χ3n) is 2.88. The Bertz CT molecular complexity index is 541. The van der Waals surface area contributed by atoms with Crippen molar-refractivity contribution < 1.29 is 0 Å². The smallest absolute Gasteiger partial charge is 0.0459 e. The Hall–Kier alpha value is -1.22. The molecule has 1 aromatic carbocycles. The highest BCUT2D eigenvalue weighted by Gasteiger charge is 2.08. The fourth-order valence-corrected chi connectivity index (χ4v) is 2.43. The van der Waals surface area contributed by atoms with E-state index in [0.717, 1.165) is 21.4 Å². The molecule has 1 aromatic heterocycles. The van der Waals surface area contributed by atoms with Crippen molar-refractivity contribution in [3.05, 3.63) is 45.7 Å². The number of nitrogens with two attached hydrogens (primary N) is 1. The van der Waals surface area contributed by atoms with E-state index in [2.05, 4.69) is 52.5 Å². The predicted molar refractivity (Wildman–Crippen MR) is 72.1 cm³/mol. The van der Waals surface area contributed by atoms with Gasteiger partial charge in [0.05, 0.1) is 0 Å². The van der Waals surface area contributed by atoms with E-state index in [1.165, 1.54) is 11.4 Å². The first-order valence-electron chi connectivity index (χ1n) is 5.21. The summed E-state index contributed by atoms with van der Waals surface area (Å²) in [4.78, 5) is 0. The lowest BCUT2D eigenvalue weighted by Gasteiger charge is -2.11. The van der Waals surface area contributed by atoms with Crippen LogP contribution >= 0.6 is 15.9 Å². The van der Waals surface area contributed by atoms with E-state index in [1.54, 1.807) is 0 Å². The average molecular weight is 279 g/mol. The molecule has 0 bridgehead atoms. The molecule has 0 saturated heterocycles.